The van der Waals surface area contributed by atoms with Crippen LogP contribution in [0.25, 0.3) is 0 Å². The largest absolute Gasteiger partial charge is 0.496 e. The summed E-state index contributed by atoms with van der Waals surface area (Å²) in [4.78, 5) is 41.0. The van der Waals surface area contributed by atoms with Crippen molar-refractivity contribution in [3.8, 4) is 23.0 Å². The Morgan fingerprint density at radius 3 is 2.02 bits per heavy atom. The quantitative estimate of drug-likeness (QED) is 0.133. The fourth-order valence-corrected chi connectivity index (χ4v) is 4.76. The third kappa shape index (κ3) is 8.52. The summed E-state index contributed by atoms with van der Waals surface area (Å²) in [6.45, 7) is 3.84. The van der Waals surface area contributed by atoms with Crippen molar-refractivity contribution in [3.63, 3.8) is 0 Å². The van der Waals surface area contributed by atoms with Gasteiger partial charge in [0.2, 0.25) is 6.79 Å². The smallest absolute Gasteiger partial charge is 0.305 e. The fraction of sp³-hybridized carbons (Fsp3) is 0.355. The van der Waals surface area contributed by atoms with Gasteiger partial charge in [-0.05, 0) is 38.1 Å². The van der Waals surface area contributed by atoms with Gasteiger partial charge in [-0.3, -0.25) is 9.59 Å². The number of amides is 1. The van der Waals surface area contributed by atoms with Crippen LogP contribution in [-0.2, 0) is 19.1 Å². The van der Waals surface area contributed by atoms with Gasteiger partial charge < -0.3 is 38.5 Å². The average Bonchev–Trinajstić information content (AvgIpc) is 3.01. The molecule has 13 heteroatoms. The normalized spacial score (nSPS) is 12.9. The Labute approximate surface area is 265 Å². The van der Waals surface area contributed by atoms with Gasteiger partial charge in [0, 0.05) is 46.3 Å². The van der Waals surface area contributed by atoms with E-state index in [4.69, 9.17) is 51.6 Å². The number of esters is 1. The fourth-order valence-electron chi connectivity index (χ4n) is 4.44. The van der Waals surface area contributed by atoms with Crippen LogP contribution >= 0.6 is 23.2 Å². The van der Waals surface area contributed by atoms with Gasteiger partial charge in [-0.15, -0.1) is 0 Å². The Bertz CT molecular complexity index is 1430. The first kappa shape index (κ1) is 34.4. The van der Waals surface area contributed by atoms with E-state index in [9.17, 15) is 14.4 Å². The van der Waals surface area contributed by atoms with Crippen LogP contribution in [0.1, 0.15) is 48.3 Å². The number of aromatic nitrogens is 1. The molecule has 3 aromatic rings. The highest BCUT2D eigenvalue weighted by molar-refractivity contribution is 6.31. The minimum Gasteiger partial charge on any atom is -0.496 e. The van der Waals surface area contributed by atoms with Crippen molar-refractivity contribution in [3.05, 3.63) is 75.5 Å². The molecule has 1 heterocycles. The molecule has 1 N–H and O–H groups in total. The molecule has 0 aliphatic rings. The summed E-state index contributed by atoms with van der Waals surface area (Å²) in [5.74, 6) is -0.652. The molecule has 0 bridgehead atoms. The summed E-state index contributed by atoms with van der Waals surface area (Å²) < 4.78 is 33.1. The number of benzene rings is 2. The van der Waals surface area contributed by atoms with Crippen molar-refractivity contribution in [2.45, 2.75) is 38.3 Å². The number of carbonyl (C=O) groups excluding carboxylic acids is 3. The van der Waals surface area contributed by atoms with E-state index in [1.54, 1.807) is 24.3 Å². The van der Waals surface area contributed by atoms with E-state index in [1.165, 1.54) is 47.4 Å². The summed E-state index contributed by atoms with van der Waals surface area (Å²) in [5, 5.41) is 3.63. The zero-order valence-electron chi connectivity index (χ0n) is 25.1. The minimum absolute atomic E-state index is 0.0685. The van der Waals surface area contributed by atoms with E-state index in [2.05, 4.69) is 10.3 Å². The highest BCUT2D eigenvalue weighted by atomic mass is 35.5. The number of halogens is 2. The van der Waals surface area contributed by atoms with E-state index in [-0.39, 0.29) is 23.8 Å². The topological polar surface area (TPSA) is 132 Å². The van der Waals surface area contributed by atoms with E-state index in [0.29, 0.717) is 27.8 Å². The molecule has 236 valence electrons. The average molecular weight is 650 g/mol. The molecule has 0 saturated heterocycles. The third-order valence-corrected chi connectivity index (χ3v) is 7.07. The summed E-state index contributed by atoms with van der Waals surface area (Å²) in [6, 6.07) is 12.0. The van der Waals surface area contributed by atoms with Crippen molar-refractivity contribution < 1.29 is 42.8 Å². The first-order valence-corrected chi connectivity index (χ1v) is 14.1. The zero-order chi connectivity index (χ0) is 32.4. The summed E-state index contributed by atoms with van der Waals surface area (Å²) in [7, 11) is 4.45. The number of nitrogens with one attached hydrogen (secondary N) is 1. The number of rotatable bonds is 15. The molecule has 0 spiro atoms. The van der Waals surface area contributed by atoms with Gasteiger partial charge in [0.25, 0.3) is 5.91 Å². The molecule has 11 nitrogen and oxygen atoms in total. The Balaban J connectivity index is 1.90. The molecule has 0 aliphatic carbocycles. The van der Waals surface area contributed by atoms with Crippen molar-refractivity contribution in [1.82, 2.24) is 10.3 Å². The van der Waals surface area contributed by atoms with Gasteiger partial charge in [-0.25, -0.2) is 4.98 Å². The van der Waals surface area contributed by atoms with E-state index >= 15 is 0 Å². The van der Waals surface area contributed by atoms with Crippen LogP contribution in [0.4, 0.5) is 0 Å². The number of methoxy groups -OCH3 is 3. The van der Waals surface area contributed by atoms with Gasteiger partial charge in [-0.1, -0.05) is 35.3 Å². The molecule has 0 radical (unpaired) electrons. The van der Waals surface area contributed by atoms with Crippen LogP contribution in [0, 0.1) is 0 Å². The van der Waals surface area contributed by atoms with Gasteiger partial charge in [0.15, 0.2) is 17.2 Å². The molecule has 3 rings (SSSR count). The molecular formula is C31H34Cl2N2O9. The van der Waals surface area contributed by atoms with Crippen molar-refractivity contribution >= 4 is 41.4 Å². The Morgan fingerprint density at radius 1 is 0.955 bits per heavy atom. The predicted molar refractivity (Wildman–Crippen MR) is 163 cm³/mol. The zero-order valence-corrected chi connectivity index (χ0v) is 26.7. The number of hydrogen-bond acceptors (Lipinski definition) is 10. The van der Waals surface area contributed by atoms with Crippen LogP contribution in [-0.4, -0.2) is 69.5 Å². The molecule has 44 heavy (non-hydrogen) atoms. The van der Waals surface area contributed by atoms with Gasteiger partial charge >= 0.3 is 5.97 Å². The number of ether oxygens (including phenoxy) is 6. The number of pyridine rings is 1. The second-order valence-electron chi connectivity index (χ2n) is 9.84. The van der Waals surface area contributed by atoms with Gasteiger partial charge in [0.05, 0.1) is 34.0 Å². The summed E-state index contributed by atoms with van der Waals surface area (Å²) in [5.41, 5.74) is -0.191. The third-order valence-electron chi connectivity index (χ3n) is 6.60. The summed E-state index contributed by atoms with van der Waals surface area (Å²) in [6.07, 6.45) is 1.32. The molecule has 2 atom stereocenters. The second-order valence-corrected chi connectivity index (χ2v) is 10.7. The Kier molecular flexibility index (Phi) is 12.2. The number of carbonyl (C=O) groups is 3. The maximum Gasteiger partial charge on any atom is 0.305 e. The lowest BCUT2D eigenvalue weighted by Crippen LogP contribution is -2.52. The van der Waals surface area contributed by atoms with Crippen LogP contribution in [0.15, 0.2) is 48.7 Å². The van der Waals surface area contributed by atoms with Gasteiger partial charge in [-0.2, -0.15) is 0 Å². The molecule has 0 fully saturated rings. The van der Waals surface area contributed by atoms with Gasteiger partial charge in [0.1, 0.15) is 23.3 Å². The SMILES string of the molecule is COc1cc(Cl)ccc1C(c1ccc(Cl)cc1OC)[C@H](C)OC[C@](C)(C=O)NC(=O)c1nccc(OC)c1OCOC(C)=O. The maximum atomic E-state index is 13.4. The number of nitrogens with zero attached hydrogens (tertiary/aromatic N) is 1. The molecule has 1 amide bonds. The van der Waals surface area contributed by atoms with E-state index in [0.717, 1.165) is 11.1 Å². The molecule has 2 aromatic carbocycles. The van der Waals surface area contributed by atoms with Crippen LogP contribution in [0.5, 0.6) is 23.0 Å². The standard InChI is InChI=1S/C31H34Cl2N2O9/c1-18(27(22-9-7-20(32)13-25(22)40-5)23-10-8-21(33)14-26(23)41-6)42-16-31(3,15-36)35-30(38)28-29(44-17-43-19(2)37)24(39-4)11-12-34-28/h7-15,18,27H,16-17H2,1-6H3,(H,35,38)/t18-,31-/m0/s1. The molecule has 0 unspecified atom stereocenters. The first-order chi connectivity index (χ1) is 21.0. The lowest BCUT2D eigenvalue weighted by Gasteiger charge is -2.31. The predicted octanol–water partition coefficient (Wildman–Crippen LogP) is 5.24. The lowest BCUT2D eigenvalue weighted by atomic mass is 9.85. The second kappa shape index (κ2) is 15.6. The van der Waals surface area contributed by atoms with Crippen molar-refractivity contribution in [2.24, 2.45) is 0 Å². The Morgan fingerprint density at radius 2 is 1.52 bits per heavy atom. The van der Waals surface area contributed by atoms with E-state index < -0.39 is 36.2 Å². The van der Waals surface area contributed by atoms with Crippen molar-refractivity contribution in [1.29, 1.82) is 0 Å². The van der Waals surface area contributed by atoms with Crippen molar-refractivity contribution in [2.75, 3.05) is 34.7 Å². The molecule has 0 saturated carbocycles. The summed E-state index contributed by atoms with van der Waals surface area (Å²) >= 11 is 12.5. The molecule has 0 aliphatic heterocycles. The maximum absolute atomic E-state index is 13.4. The van der Waals surface area contributed by atoms with Crippen LogP contribution < -0.4 is 24.3 Å². The van der Waals surface area contributed by atoms with E-state index in [1.807, 2.05) is 19.1 Å². The molecule has 1 aromatic heterocycles. The monoisotopic (exact) mass is 648 g/mol. The highest BCUT2D eigenvalue weighted by Crippen LogP contribution is 2.41. The lowest BCUT2D eigenvalue weighted by molar-refractivity contribution is -0.147. The minimum atomic E-state index is -1.50. The Hall–Kier alpha value is -4.06. The number of hydrogen-bond donors (Lipinski definition) is 1. The highest BCUT2D eigenvalue weighted by Gasteiger charge is 2.34. The number of aldehydes is 1. The molecular weight excluding hydrogens is 615 g/mol. The van der Waals surface area contributed by atoms with Crippen LogP contribution in [0.2, 0.25) is 10.0 Å². The van der Waals surface area contributed by atoms with Crippen LogP contribution in [0.3, 0.4) is 0 Å². The first-order valence-electron chi connectivity index (χ1n) is 13.3.